The molecule has 0 saturated carbocycles. The molecule has 1 unspecified atom stereocenters. The minimum absolute atomic E-state index is 0.384. The number of carbonyl (C=O) groups excluding carboxylic acids is 1. The highest BCUT2D eigenvalue weighted by atomic mass is 31.1. The highest BCUT2D eigenvalue weighted by molar-refractivity contribution is 7.53. The van der Waals surface area contributed by atoms with E-state index in [0.717, 1.165) is 12.8 Å². The fourth-order valence-electron chi connectivity index (χ4n) is 2.09. The van der Waals surface area contributed by atoms with Crippen molar-refractivity contribution in [1.82, 2.24) is 0 Å². The predicted octanol–water partition coefficient (Wildman–Crippen LogP) is 4.14. The highest BCUT2D eigenvalue weighted by Gasteiger charge is 2.16. The molecule has 0 bridgehead atoms. The molecule has 0 heterocycles. The first-order chi connectivity index (χ1) is 11.4. The maximum atomic E-state index is 12.5. The maximum Gasteiger partial charge on any atom is 0.338 e. The third-order valence-electron chi connectivity index (χ3n) is 3.69. The Labute approximate surface area is 146 Å². The van der Waals surface area contributed by atoms with Gasteiger partial charge in [-0.2, -0.15) is 0 Å². The smallest absolute Gasteiger partial charge is 0.338 e. The van der Waals surface area contributed by atoms with Gasteiger partial charge in [-0.3, -0.25) is 0 Å². The quantitative estimate of drug-likeness (QED) is 0.340. The minimum Gasteiger partial charge on any atom is -0.462 e. The molecule has 136 valence electrons. The molecular formula is C19H31O4P. The van der Waals surface area contributed by atoms with E-state index < -0.39 is 7.80 Å². The van der Waals surface area contributed by atoms with Gasteiger partial charge in [0.2, 0.25) is 0 Å². The van der Waals surface area contributed by atoms with E-state index in [-0.39, 0.29) is 5.97 Å². The molecule has 1 aromatic rings. The second kappa shape index (κ2) is 11.4. The van der Waals surface area contributed by atoms with Crippen molar-refractivity contribution in [2.45, 2.75) is 40.5 Å². The van der Waals surface area contributed by atoms with Crippen LogP contribution in [0.1, 0.15) is 50.9 Å². The third-order valence-corrected chi connectivity index (χ3v) is 5.38. The van der Waals surface area contributed by atoms with Gasteiger partial charge in [-0.25, -0.2) is 4.79 Å². The first-order valence-corrected chi connectivity index (χ1v) is 10.4. The van der Waals surface area contributed by atoms with Crippen molar-refractivity contribution in [3.63, 3.8) is 0 Å². The zero-order chi connectivity index (χ0) is 17.9. The summed E-state index contributed by atoms with van der Waals surface area (Å²) < 4.78 is 23.4. The second-order valence-corrected chi connectivity index (χ2v) is 8.72. The number of hydrogen-bond acceptors (Lipinski definition) is 4. The van der Waals surface area contributed by atoms with E-state index in [1.165, 1.54) is 0 Å². The molecule has 0 radical (unpaired) electrons. The molecule has 0 aliphatic carbocycles. The number of rotatable bonds is 11. The monoisotopic (exact) mass is 354 g/mol. The van der Waals surface area contributed by atoms with Gasteiger partial charge in [0.15, 0.2) is 0 Å². The lowest BCUT2D eigenvalue weighted by atomic mass is 10.1. The molecule has 5 heteroatoms. The van der Waals surface area contributed by atoms with Crippen LogP contribution in [0.5, 0.6) is 0 Å². The Morgan fingerprint density at radius 1 is 1.00 bits per heavy atom. The van der Waals surface area contributed by atoms with Gasteiger partial charge in [0.25, 0.3) is 0 Å². The molecule has 24 heavy (non-hydrogen) atoms. The molecule has 1 atom stereocenters. The van der Waals surface area contributed by atoms with Crippen molar-refractivity contribution in [3.05, 3.63) is 29.8 Å². The Morgan fingerprint density at radius 3 is 2.29 bits per heavy atom. The Balaban J connectivity index is 2.55. The summed E-state index contributed by atoms with van der Waals surface area (Å²) in [5.74, 6) is 0.698. The van der Waals surface area contributed by atoms with Crippen LogP contribution >= 0.6 is 7.80 Å². The van der Waals surface area contributed by atoms with Crippen molar-refractivity contribution >= 4 is 19.1 Å². The van der Waals surface area contributed by atoms with Gasteiger partial charge in [0, 0.05) is 18.1 Å². The summed E-state index contributed by atoms with van der Waals surface area (Å²) in [4.78, 5) is 12.2. The molecule has 0 aliphatic rings. The third kappa shape index (κ3) is 8.12. The number of hydrogen-bond donors (Lipinski definition) is 0. The Bertz CT molecular complexity index is 526. The van der Waals surface area contributed by atoms with Gasteiger partial charge < -0.3 is 14.0 Å². The zero-order valence-electron chi connectivity index (χ0n) is 15.3. The van der Waals surface area contributed by atoms with E-state index >= 15 is 0 Å². The average molecular weight is 354 g/mol. The van der Waals surface area contributed by atoms with Crippen molar-refractivity contribution < 1.29 is 18.8 Å². The van der Waals surface area contributed by atoms with E-state index in [1.807, 2.05) is 6.07 Å². The van der Waals surface area contributed by atoms with Crippen molar-refractivity contribution in [1.29, 1.82) is 0 Å². The number of carbonyl (C=O) groups is 1. The maximum absolute atomic E-state index is 12.5. The van der Waals surface area contributed by atoms with Gasteiger partial charge in [-0.1, -0.05) is 45.9 Å². The topological polar surface area (TPSA) is 52.6 Å². The second-order valence-electron chi connectivity index (χ2n) is 6.83. The Kier molecular flexibility index (Phi) is 9.97. The van der Waals surface area contributed by atoms with Crippen LogP contribution in [0.4, 0.5) is 0 Å². The van der Waals surface area contributed by atoms with Crippen molar-refractivity contribution in [2.75, 3.05) is 26.0 Å². The lowest BCUT2D eigenvalue weighted by Gasteiger charge is -2.11. The van der Waals surface area contributed by atoms with Crippen LogP contribution in [0.2, 0.25) is 0 Å². The van der Waals surface area contributed by atoms with Crippen LogP contribution in [-0.4, -0.2) is 32.0 Å². The van der Waals surface area contributed by atoms with Crippen molar-refractivity contribution in [2.24, 2.45) is 11.8 Å². The van der Waals surface area contributed by atoms with Crippen LogP contribution in [0, 0.1) is 11.8 Å². The lowest BCUT2D eigenvalue weighted by molar-refractivity contribution is 0.0489. The summed E-state index contributed by atoms with van der Waals surface area (Å²) in [5.41, 5.74) is 0.423. The van der Waals surface area contributed by atoms with Gasteiger partial charge in [-0.15, -0.1) is 0 Å². The highest BCUT2D eigenvalue weighted by Crippen LogP contribution is 2.22. The minimum atomic E-state index is -2.06. The van der Waals surface area contributed by atoms with E-state index in [2.05, 4.69) is 27.7 Å². The molecule has 0 amide bonds. The fourth-order valence-corrected chi connectivity index (χ4v) is 3.46. The Morgan fingerprint density at radius 2 is 1.62 bits per heavy atom. The van der Waals surface area contributed by atoms with E-state index in [0.29, 0.717) is 48.7 Å². The summed E-state index contributed by atoms with van der Waals surface area (Å²) >= 11 is 0. The number of ether oxygens (including phenoxy) is 2. The Hall–Kier alpha value is -1.12. The van der Waals surface area contributed by atoms with Crippen LogP contribution in [-0.2, 0) is 14.0 Å². The molecule has 0 fully saturated rings. The molecule has 1 aromatic carbocycles. The van der Waals surface area contributed by atoms with Gasteiger partial charge in [0.05, 0.1) is 18.8 Å². The summed E-state index contributed by atoms with van der Waals surface area (Å²) in [7, 11) is -2.06. The first kappa shape index (κ1) is 20.9. The normalized spacial score (nSPS) is 12.6. The average Bonchev–Trinajstić information content (AvgIpc) is 2.53. The van der Waals surface area contributed by atoms with E-state index in [1.54, 1.807) is 18.2 Å². The largest absolute Gasteiger partial charge is 0.462 e. The molecule has 0 spiro atoms. The first-order valence-electron chi connectivity index (χ1n) is 8.79. The van der Waals surface area contributed by atoms with Crippen LogP contribution in [0.3, 0.4) is 0 Å². The van der Waals surface area contributed by atoms with Crippen molar-refractivity contribution in [3.8, 4) is 0 Å². The molecule has 0 saturated heterocycles. The van der Waals surface area contributed by atoms with Gasteiger partial charge in [0.1, 0.15) is 7.80 Å². The van der Waals surface area contributed by atoms with Gasteiger partial charge >= 0.3 is 5.97 Å². The predicted molar refractivity (Wildman–Crippen MR) is 100.0 cm³/mol. The van der Waals surface area contributed by atoms with E-state index in [4.69, 9.17) is 9.47 Å². The SMILES string of the molecule is CC(C)CCOCC[PH](=O)c1ccccc1C(=O)OCCC(C)C. The molecular weight excluding hydrogens is 323 g/mol. The molecule has 4 nitrogen and oxygen atoms in total. The van der Waals surface area contributed by atoms with Crippen LogP contribution in [0.25, 0.3) is 0 Å². The molecule has 1 rings (SSSR count). The molecule has 0 aliphatic heterocycles. The molecule has 0 N–H and O–H groups in total. The summed E-state index contributed by atoms with van der Waals surface area (Å²) in [6.07, 6.45) is 2.28. The van der Waals surface area contributed by atoms with Crippen LogP contribution in [0.15, 0.2) is 24.3 Å². The number of benzene rings is 1. The van der Waals surface area contributed by atoms with E-state index in [9.17, 15) is 9.36 Å². The van der Waals surface area contributed by atoms with Crippen LogP contribution < -0.4 is 5.30 Å². The number of esters is 1. The summed E-state index contributed by atoms with van der Waals surface area (Å²) in [5, 5.41) is 0.601. The fraction of sp³-hybridized carbons (Fsp3) is 0.632. The summed E-state index contributed by atoms with van der Waals surface area (Å²) in [6, 6.07) is 7.03. The lowest BCUT2D eigenvalue weighted by Crippen LogP contribution is -2.17. The summed E-state index contributed by atoms with van der Waals surface area (Å²) in [6.45, 7) is 10.00. The van der Waals surface area contributed by atoms with Gasteiger partial charge in [-0.05, 0) is 30.7 Å². The standard InChI is InChI=1S/C19H31O4P/c1-15(2)9-11-22-13-14-24(21)18-8-6-5-7-17(18)19(20)23-12-10-16(3)4/h5-8,15-16,24H,9-14H2,1-4H3. The molecule has 0 aromatic heterocycles. The zero-order valence-corrected chi connectivity index (χ0v) is 16.3.